The highest BCUT2D eigenvalue weighted by molar-refractivity contribution is 5.27. The van der Waals surface area contributed by atoms with Crippen molar-refractivity contribution in [3.63, 3.8) is 0 Å². The average molecular weight is 272 g/mol. The number of aromatic amines is 1. The normalized spacial score (nSPS) is 10.8. The van der Waals surface area contributed by atoms with Gasteiger partial charge in [0.15, 0.2) is 0 Å². The molecule has 0 saturated heterocycles. The van der Waals surface area contributed by atoms with Gasteiger partial charge < -0.3 is 4.74 Å². The first-order chi connectivity index (χ1) is 9.70. The Labute approximate surface area is 121 Å². The third kappa shape index (κ3) is 3.86. The number of unbranched alkanes of at least 4 members (excludes halogenated alkanes) is 1. The first-order valence-corrected chi connectivity index (χ1v) is 7.43. The molecule has 0 spiro atoms. The molecule has 3 heteroatoms. The molecule has 0 atom stereocenters. The van der Waals surface area contributed by atoms with Crippen molar-refractivity contribution in [1.82, 2.24) is 10.2 Å². The molecule has 1 aromatic heterocycles. The lowest BCUT2D eigenvalue weighted by Gasteiger charge is -2.07. The lowest BCUT2D eigenvalue weighted by Crippen LogP contribution is -1.99. The lowest BCUT2D eigenvalue weighted by atomic mass is 10.1. The quantitative estimate of drug-likeness (QED) is 0.774. The summed E-state index contributed by atoms with van der Waals surface area (Å²) in [6.07, 6.45) is 4.35. The third-order valence-electron chi connectivity index (χ3n) is 3.70. The van der Waals surface area contributed by atoms with Gasteiger partial charge in [-0.1, -0.05) is 19.1 Å². The number of benzene rings is 1. The van der Waals surface area contributed by atoms with Crippen molar-refractivity contribution in [1.29, 1.82) is 0 Å². The minimum Gasteiger partial charge on any atom is -0.494 e. The molecule has 1 N–H and O–H groups in total. The fourth-order valence-electron chi connectivity index (χ4n) is 2.36. The van der Waals surface area contributed by atoms with Gasteiger partial charge in [0.1, 0.15) is 5.75 Å². The van der Waals surface area contributed by atoms with Gasteiger partial charge in [-0.15, -0.1) is 0 Å². The van der Waals surface area contributed by atoms with Crippen LogP contribution in [0, 0.1) is 13.8 Å². The molecule has 2 rings (SSSR count). The Kier molecular flexibility index (Phi) is 5.22. The highest BCUT2D eigenvalue weighted by atomic mass is 16.5. The van der Waals surface area contributed by atoms with E-state index in [-0.39, 0.29) is 0 Å². The first-order valence-electron chi connectivity index (χ1n) is 7.43. The van der Waals surface area contributed by atoms with Crippen LogP contribution in [0.2, 0.25) is 0 Å². The molecular weight excluding hydrogens is 248 g/mol. The predicted octanol–water partition coefficient (Wildman–Crippen LogP) is 3.99. The molecule has 0 fully saturated rings. The Bertz CT molecular complexity index is 509. The second-order valence-electron chi connectivity index (χ2n) is 5.22. The first kappa shape index (κ1) is 14.6. The molecule has 0 aliphatic heterocycles. The van der Waals surface area contributed by atoms with Gasteiger partial charge in [-0.2, -0.15) is 5.10 Å². The summed E-state index contributed by atoms with van der Waals surface area (Å²) in [6, 6.07) is 8.38. The van der Waals surface area contributed by atoms with Gasteiger partial charge in [0, 0.05) is 5.69 Å². The molecule has 20 heavy (non-hydrogen) atoms. The molecule has 0 saturated carbocycles. The number of nitrogens with zero attached hydrogens (tertiary/aromatic N) is 1. The van der Waals surface area contributed by atoms with Crippen molar-refractivity contribution >= 4 is 0 Å². The maximum absolute atomic E-state index is 5.76. The number of hydrogen-bond acceptors (Lipinski definition) is 2. The SMILES string of the molecule is CCc1ccc(OCCCCc2c(C)n[nH]c2C)cc1. The summed E-state index contributed by atoms with van der Waals surface area (Å²) in [6.45, 7) is 7.09. The number of H-pyrrole nitrogens is 1. The Morgan fingerprint density at radius 2 is 1.85 bits per heavy atom. The van der Waals surface area contributed by atoms with E-state index >= 15 is 0 Å². The number of nitrogens with one attached hydrogen (secondary N) is 1. The van der Waals surface area contributed by atoms with Crippen LogP contribution in [-0.4, -0.2) is 16.8 Å². The minimum atomic E-state index is 0.779. The standard InChI is InChI=1S/C17H24N2O/c1-4-15-8-10-16(11-9-15)20-12-6-5-7-17-13(2)18-19-14(17)3/h8-11H,4-7,12H2,1-3H3,(H,18,19). The van der Waals surface area contributed by atoms with E-state index in [1.54, 1.807) is 0 Å². The van der Waals surface area contributed by atoms with Crippen molar-refractivity contribution < 1.29 is 4.74 Å². The number of aromatic nitrogens is 2. The molecule has 0 radical (unpaired) electrons. The number of hydrogen-bond donors (Lipinski definition) is 1. The third-order valence-corrected chi connectivity index (χ3v) is 3.70. The molecule has 0 bridgehead atoms. The summed E-state index contributed by atoms with van der Waals surface area (Å²) < 4.78 is 5.76. The number of ether oxygens (including phenoxy) is 1. The summed E-state index contributed by atoms with van der Waals surface area (Å²) >= 11 is 0. The van der Waals surface area contributed by atoms with E-state index in [9.17, 15) is 0 Å². The fourth-order valence-corrected chi connectivity index (χ4v) is 2.36. The zero-order valence-corrected chi connectivity index (χ0v) is 12.7. The second-order valence-corrected chi connectivity index (χ2v) is 5.22. The van der Waals surface area contributed by atoms with Crippen LogP contribution >= 0.6 is 0 Å². The van der Waals surface area contributed by atoms with Gasteiger partial charge in [-0.3, -0.25) is 5.10 Å². The second kappa shape index (κ2) is 7.13. The Balaban J connectivity index is 1.69. The Morgan fingerprint density at radius 3 is 2.45 bits per heavy atom. The average Bonchev–Trinajstić information content (AvgIpc) is 2.79. The van der Waals surface area contributed by atoms with Gasteiger partial charge in [0.2, 0.25) is 0 Å². The van der Waals surface area contributed by atoms with Crippen molar-refractivity contribution in [3.8, 4) is 5.75 Å². The lowest BCUT2D eigenvalue weighted by molar-refractivity contribution is 0.307. The van der Waals surface area contributed by atoms with Crippen LogP contribution < -0.4 is 4.74 Å². The minimum absolute atomic E-state index is 0.779. The van der Waals surface area contributed by atoms with E-state index in [0.29, 0.717) is 0 Å². The van der Waals surface area contributed by atoms with E-state index in [1.807, 2.05) is 0 Å². The van der Waals surface area contributed by atoms with Crippen LogP contribution in [0.5, 0.6) is 5.75 Å². The molecule has 0 aliphatic rings. The van der Waals surface area contributed by atoms with Crippen LogP contribution in [0.15, 0.2) is 24.3 Å². The molecule has 0 aliphatic carbocycles. The smallest absolute Gasteiger partial charge is 0.119 e. The van der Waals surface area contributed by atoms with Gasteiger partial charge in [-0.25, -0.2) is 0 Å². The molecular formula is C17H24N2O. The topological polar surface area (TPSA) is 37.9 Å². The van der Waals surface area contributed by atoms with Gasteiger partial charge in [-0.05, 0) is 62.8 Å². The predicted molar refractivity (Wildman–Crippen MR) is 82.3 cm³/mol. The van der Waals surface area contributed by atoms with E-state index in [4.69, 9.17) is 4.74 Å². The van der Waals surface area contributed by atoms with Crippen LogP contribution in [0.3, 0.4) is 0 Å². The molecule has 108 valence electrons. The highest BCUT2D eigenvalue weighted by Crippen LogP contribution is 2.15. The monoisotopic (exact) mass is 272 g/mol. The summed E-state index contributed by atoms with van der Waals surface area (Å²) in [5.41, 5.74) is 5.03. The van der Waals surface area contributed by atoms with E-state index in [1.165, 1.54) is 16.8 Å². The van der Waals surface area contributed by atoms with Gasteiger partial charge >= 0.3 is 0 Å². The molecule has 0 unspecified atom stereocenters. The molecule has 1 aromatic carbocycles. The van der Waals surface area contributed by atoms with Crippen LogP contribution in [0.25, 0.3) is 0 Å². The summed E-state index contributed by atoms with van der Waals surface area (Å²) in [4.78, 5) is 0. The van der Waals surface area contributed by atoms with E-state index < -0.39 is 0 Å². The van der Waals surface area contributed by atoms with Crippen LogP contribution in [0.4, 0.5) is 0 Å². The maximum Gasteiger partial charge on any atom is 0.119 e. The van der Waals surface area contributed by atoms with Crippen molar-refractivity contribution in [2.45, 2.75) is 46.5 Å². The van der Waals surface area contributed by atoms with Crippen molar-refractivity contribution in [2.24, 2.45) is 0 Å². The van der Waals surface area contributed by atoms with Gasteiger partial charge in [0.05, 0.1) is 12.3 Å². The van der Waals surface area contributed by atoms with E-state index in [2.05, 4.69) is 55.2 Å². The summed E-state index contributed by atoms with van der Waals surface area (Å²) in [7, 11) is 0. The molecule has 0 amide bonds. The zero-order valence-electron chi connectivity index (χ0n) is 12.7. The molecule has 3 nitrogen and oxygen atoms in total. The van der Waals surface area contributed by atoms with E-state index in [0.717, 1.165) is 43.7 Å². The molecule has 1 heterocycles. The van der Waals surface area contributed by atoms with Crippen LogP contribution in [-0.2, 0) is 12.8 Å². The summed E-state index contributed by atoms with van der Waals surface area (Å²) in [5.74, 6) is 0.970. The summed E-state index contributed by atoms with van der Waals surface area (Å²) in [5, 5.41) is 7.26. The Hall–Kier alpha value is -1.77. The fraction of sp³-hybridized carbons (Fsp3) is 0.471. The molecule has 2 aromatic rings. The zero-order chi connectivity index (χ0) is 14.4. The number of rotatable bonds is 7. The van der Waals surface area contributed by atoms with Crippen LogP contribution in [0.1, 0.15) is 42.3 Å². The Morgan fingerprint density at radius 1 is 1.10 bits per heavy atom. The maximum atomic E-state index is 5.76. The van der Waals surface area contributed by atoms with Gasteiger partial charge in [0.25, 0.3) is 0 Å². The number of aryl methyl sites for hydroxylation is 3. The van der Waals surface area contributed by atoms with Crippen molar-refractivity contribution in [3.05, 3.63) is 46.8 Å². The largest absolute Gasteiger partial charge is 0.494 e. The highest BCUT2D eigenvalue weighted by Gasteiger charge is 2.05. The van der Waals surface area contributed by atoms with Crippen molar-refractivity contribution in [2.75, 3.05) is 6.61 Å².